The SMILES string of the molecule is O=C(COc1ccc(Cl)cc1)Nc1nc(-c2ccco2)c(-c2ccco2)s1. The van der Waals surface area contributed by atoms with Crippen LogP contribution in [0.3, 0.4) is 0 Å². The number of aromatic nitrogens is 1. The first-order valence-electron chi connectivity index (χ1n) is 7.96. The van der Waals surface area contributed by atoms with Gasteiger partial charge in [-0.25, -0.2) is 4.98 Å². The molecule has 3 heterocycles. The van der Waals surface area contributed by atoms with Gasteiger partial charge in [0.1, 0.15) is 22.1 Å². The number of hydrogen-bond acceptors (Lipinski definition) is 6. The molecular weight excluding hydrogens is 388 g/mol. The summed E-state index contributed by atoms with van der Waals surface area (Å²) in [5.41, 5.74) is 0.605. The maximum Gasteiger partial charge on any atom is 0.264 e. The molecule has 0 saturated heterocycles. The van der Waals surface area contributed by atoms with Gasteiger partial charge < -0.3 is 13.6 Å². The molecule has 1 amide bonds. The average molecular weight is 401 g/mol. The number of carbonyl (C=O) groups is 1. The third-order valence-electron chi connectivity index (χ3n) is 3.56. The van der Waals surface area contributed by atoms with Crippen molar-refractivity contribution < 1.29 is 18.4 Å². The lowest BCUT2D eigenvalue weighted by Gasteiger charge is -2.05. The number of ether oxygens (including phenoxy) is 1. The first-order valence-corrected chi connectivity index (χ1v) is 9.15. The molecule has 27 heavy (non-hydrogen) atoms. The van der Waals surface area contributed by atoms with Crippen LogP contribution in [0.15, 0.2) is 69.9 Å². The molecule has 8 heteroatoms. The van der Waals surface area contributed by atoms with Crippen molar-refractivity contribution in [2.24, 2.45) is 0 Å². The quantitative estimate of drug-likeness (QED) is 0.473. The molecule has 1 N–H and O–H groups in total. The van der Waals surface area contributed by atoms with Gasteiger partial charge >= 0.3 is 0 Å². The zero-order valence-electron chi connectivity index (χ0n) is 13.8. The highest BCUT2D eigenvalue weighted by Gasteiger charge is 2.20. The molecular formula is C19H13ClN2O4S. The second-order valence-electron chi connectivity index (χ2n) is 5.44. The van der Waals surface area contributed by atoms with Crippen LogP contribution in [0.25, 0.3) is 22.1 Å². The Hall–Kier alpha value is -3.03. The van der Waals surface area contributed by atoms with Crippen LogP contribution in [0.4, 0.5) is 5.13 Å². The van der Waals surface area contributed by atoms with E-state index in [0.29, 0.717) is 33.1 Å². The minimum atomic E-state index is -0.323. The molecule has 0 saturated carbocycles. The molecule has 0 unspecified atom stereocenters. The highest BCUT2D eigenvalue weighted by Crippen LogP contribution is 2.39. The lowest BCUT2D eigenvalue weighted by Crippen LogP contribution is -2.20. The fourth-order valence-electron chi connectivity index (χ4n) is 2.36. The van der Waals surface area contributed by atoms with Crippen LogP contribution in [0.2, 0.25) is 5.02 Å². The highest BCUT2D eigenvalue weighted by molar-refractivity contribution is 7.19. The van der Waals surface area contributed by atoms with Gasteiger partial charge in [0.25, 0.3) is 5.91 Å². The Kier molecular flexibility index (Phi) is 4.95. The number of anilines is 1. The van der Waals surface area contributed by atoms with Crippen molar-refractivity contribution in [1.82, 2.24) is 4.98 Å². The van der Waals surface area contributed by atoms with E-state index in [0.717, 1.165) is 4.88 Å². The summed E-state index contributed by atoms with van der Waals surface area (Å²) in [6, 6.07) is 14.0. The largest absolute Gasteiger partial charge is 0.484 e. The second-order valence-corrected chi connectivity index (χ2v) is 6.88. The normalized spacial score (nSPS) is 10.7. The summed E-state index contributed by atoms with van der Waals surface area (Å²) in [6.07, 6.45) is 3.15. The first kappa shape index (κ1) is 17.4. The summed E-state index contributed by atoms with van der Waals surface area (Å²) in [4.78, 5) is 17.4. The maximum atomic E-state index is 12.2. The van der Waals surface area contributed by atoms with Crippen molar-refractivity contribution in [2.45, 2.75) is 0 Å². The van der Waals surface area contributed by atoms with Crippen LogP contribution in [0, 0.1) is 0 Å². The van der Waals surface area contributed by atoms with Gasteiger partial charge in [0.2, 0.25) is 0 Å². The van der Waals surface area contributed by atoms with Crippen molar-refractivity contribution >= 4 is 34.0 Å². The number of amides is 1. The zero-order chi connectivity index (χ0) is 18.6. The van der Waals surface area contributed by atoms with E-state index in [-0.39, 0.29) is 12.5 Å². The molecule has 4 aromatic rings. The number of benzene rings is 1. The van der Waals surface area contributed by atoms with Crippen molar-refractivity contribution in [3.63, 3.8) is 0 Å². The number of nitrogens with one attached hydrogen (secondary N) is 1. The molecule has 136 valence electrons. The fraction of sp³-hybridized carbons (Fsp3) is 0.0526. The van der Waals surface area contributed by atoms with Gasteiger partial charge in [-0.15, -0.1) is 0 Å². The predicted octanol–water partition coefficient (Wildman–Crippen LogP) is 5.33. The summed E-state index contributed by atoms with van der Waals surface area (Å²) in [6.45, 7) is -0.145. The van der Waals surface area contributed by atoms with Crippen molar-refractivity contribution in [1.29, 1.82) is 0 Å². The van der Waals surface area contributed by atoms with Gasteiger partial charge in [-0.3, -0.25) is 10.1 Å². The third-order valence-corrected chi connectivity index (χ3v) is 4.79. The van der Waals surface area contributed by atoms with Crippen LogP contribution < -0.4 is 10.1 Å². The Morgan fingerprint density at radius 1 is 1.07 bits per heavy atom. The summed E-state index contributed by atoms with van der Waals surface area (Å²) in [7, 11) is 0. The molecule has 0 atom stereocenters. The summed E-state index contributed by atoms with van der Waals surface area (Å²) < 4.78 is 16.4. The monoisotopic (exact) mass is 400 g/mol. The maximum absolute atomic E-state index is 12.2. The topological polar surface area (TPSA) is 77.5 Å². The Morgan fingerprint density at radius 2 is 1.78 bits per heavy atom. The van der Waals surface area contributed by atoms with Gasteiger partial charge in [-0.05, 0) is 48.5 Å². The Labute approximate surface area is 163 Å². The Bertz CT molecular complexity index is 973. The Balaban J connectivity index is 1.49. The lowest BCUT2D eigenvalue weighted by molar-refractivity contribution is -0.118. The van der Waals surface area contributed by atoms with Crippen molar-refractivity contribution in [3.8, 4) is 27.8 Å². The van der Waals surface area contributed by atoms with E-state index in [1.54, 1.807) is 55.0 Å². The Morgan fingerprint density at radius 3 is 2.44 bits per heavy atom. The predicted molar refractivity (Wildman–Crippen MR) is 103 cm³/mol. The van der Waals surface area contributed by atoms with Crippen LogP contribution >= 0.6 is 22.9 Å². The van der Waals surface area contributed by atoms with E-state index in [4.69, 9.17) is 25.2 Å². The van der Waals surface area contributed by atoms with E-state index in [2.05, 4.69) is 10.3 Å². The summed E-state index contributed by atoms with van der Waals surface area (Å²) in [5.74, 6) is 1.48. The number of hydrogen-bond donors (Lipinski definition) is 1. The van der Waals surface area contributed by atoms with Crippen LogP contribution in [-0.2, 0) is 4.79 Å². The van der Waals surface area contributed by atoms with Gasteiger partial charge in [0, 0.05) is 5.02 Å². The van der Waals surface area contributed by atoms with E-state index < -0.39 is 0 Å². The molecule has 0 bridgehead atoms. The van der Waals surface area contributed by atoms with Crippen molar-refractivity contribution in [2.75, 3.05) is 11.9 Å². The zero-order valence-corrected chi connectivity index (χ0v) is 15.4. The van der Waals surface area contributed by atoms with E-state index in [9.17, 15) is 4.79 Å². The molecule has 1 aromatic carbocycles. The molecule has 3 aromatic heterocycles. The summed E-state index contributed by atoms with van der Waals surface area (Å²) >= 11 is 7.12. The smallest absolute Gasteiger partial charge is 0.264 e. The van der Waals surface area contributed by atoms with Gasteiger partial charge in [0.15, 0.2) is 17.5 Å². The van der Waals surface area contributed by atoms with Crippen LogP contribution in [-0.4, -0.2) is 17.5 Å². The first-order chi connectivity index (χ1) is 13.2. The molecule has 6 nitrogen and oxygen atoms in total. The number of furan rings is 2. The second kappa shape index (κ2) is 7.69. The van der Waals surface area contributed by atoms with Crippen LogP contribution in [0.5, 0.6) is 5.75 Å². The van der Waals surface area contributed by atoms with E-state index >= 15 is 0 Å². The molecule has 0 aliphatic heterocycles. The van der Waals surface area contributed by atoms with Gasteiger partial charge in [-0.2, -0.15) is 0 Å². The minimum absolute atomic E-state index is 0.145. The number of nitrogens with zero attached hydrogens (tertiary/aromatic N) is 1. The minimum Gasteiger partial charge on any atom is -0.484 e. The number of rotatable bonds is 6. The molecule has 0 aliphatic carbocycles. The lowest BCUT2D eigenvalue weighted by atomic mass is 10.2. The molecule has 0 spiro atoms. The van der Waals surface area contributed by atoms with E-state index in [1.165, 1.54) is 11.3 Å². The fourth-order valence-corrected chi connectivity index (χ4v) is 3.44. The number of halogens is 1. The molecule has 0 aliphatic rings. The highest BCUT2D eigenvalue weighted by atomic mass is 35.5. The summed E-state index contributed by atoms with van der Waals surface area (Å²) in [5, 5.41) is 3.77. The molecule has 0 radical (unpaired) electrons. The van der Waals surface area contributed by atoms with E-state index in [1.807, 2.05) is 6.07 Å². The number of thiazole rings is 1. The molecule has 4 rings (SSSR count). The van der Waals surface area contributed by atoms with Crippen LogP contribution in [0.1, 0.15) is 0 Å². The van der Waals surface area contributed by atoms with Crippen molar-refractivity contribution in [3.05, 3.63) is 66.1 Å². The van der Waals surface area contributed by atoms with Gasteiger partial charge in [-0.1, -0.05) is 22.9 Å². The standard InChI is InChI=1S/C19H13ClN2O4S/c20-12-5-7-13(8-6-12)26-11-16(23)21-19-22-17(14-3-1-9-24-14)18(27-19)15-4-2-10-25-15/h1-10H,11H2,(H,21,22,23). The molecule has 0 fully saturated rings. The number of carbonyl (C=O) groups excluding carboxylic acids is 1. The van der Waals surface area contributed by atoms with Gasteiger partial charge in [0.05, 0.1) is 12.5 Å². The average Bonchev–Trinajstić information content (AvgIpc) is 3.41. The third kappa shape index (κ3) is 4.05.